The number of carbonyl (C=O) groups excluding carboxylic acids is 2. The van der Waals surface area contributed by atoms with E-state index in [-0.39, 0.29) is 23.9 Å². The van der Waals surface area contributed by atoms with E-state index < -0.39 is 0 Å². The lowest BCUT2D eigenvalue weighted by atomic mass is 9.89. The van der Waals surface area contributed by atoms with Crippen LogP contribution in [0, 0.1) is 13.8 Å². The summed E-state index contributed by atoms with van der Waals surface area (Å²) in [5.41, 5.74) is 3.70. The van der Waals surface area contributed by atoms with Crippen LogP contribution < -0.4 is 9.80 Å². The van der Waals surface area contributed by atoms with Gasteiger partial charge in [-0.15, -0.1) is 0 Å². The summed E-state index contributed by atoms with van der Waals surface area (Å²) in [5.74, 6) is 0.358. The Morgan fingerprint density at radius 1 is 1.07 bits per heavy atom. The smallest absolute Gasteiger partial charge is 0.264 e. The first-order valence-electron chi connectivity index (χ1n) is 10.1. The lowest BCUT2D eigenvalue weighted by Gasteiger charge is -2.43. The van der Waals surface area contributed by atoms with E-state index in [9.17, 15) is 9.59 Å². The van der Waals surface area contributed by atoms with Crippen LogP contribution in [0.1, 0.15) is 53.7 Å². The molecular formula is C24H25N3O3. The van der Waals surface area contributed by atoms with Crippen LogP contribution in [0.25, 0.3) is 0 Å². The van der Waals surface area contributed by atoms with Crippen molar-refractivity contribution in [2.24, 2.45) is 0 Å². The second kappa shape index (κ2) is 7.78. The molecule has 0 fully saturated rings. The number of anilines is 2. The average Bonchev–Trinajstić information content (AvgIpc) is 3.06. The van der Waals surface area contributed by atoms with Crippen LogP contribution in [0.5, 0.6) is 0 Å². The minimum atomic E-state index is -0.162. The summed E-state index contributed by atoms with van der Waals surface area (Å²) >= 11 is 0. The highest BCUT2D eigenvalue weighted by Crippen LogP contribution is 2.42. The molecule has 2 unspecified atom stereocenters. The van der Waals surface area contributed by atoms with Gasteiger partial charge >= 0.3 is 0 Å². The number of nitrogens with zero attached hydrogens (tertiary/aromatic N) is 3. The van der Waals surface area contributed by atoms with Crippen LogP contribution in [0.4, 0.5) is 11.4 Å². The Balaban J connectivity index is 1.81. The number of fused-ring (bicyclic) bond motifs is 1. The molecule has 0 N–H and O–H groups in total. The van der Waals surface area contributed by atoms with Gasteiger partial charge in [0.05, 0.1) is 11.7 Å². The van der Waals surface area contributed by atoms with Gasteiger partial charge in [0, 0.05) is 24.3 Å². The summed E-state index contributed by atoms with van der Waals surface area (Å²) in [5, 5.41) is 3.94. The SMILES string of the molecule is CC(=O)N(c1ccccc1)C1CC(C)N(C(=O)c2c(C)noc2C)c2ccccc21. The molecule has 154 valence electrons. The summed E-state index contributed by atoms with van der Waals surface area (Å²) in [6.07, 6.45) is 0.626. The molecule has 30 heavy (non-hydrogen) atoms. The van der Waals surface area contributed by atoms with E-state index >= 15 is 0 Å². The van der Waals surface area contributed by atoms with Crippen molar-refractivity contribution < 1.29 is 14.1 Å². The monoisotopic (exact) mass is 403 g/mol. The number of carbonyl (C=O) groups is 2. The quantitative estimate of drug-likeness (QED) is 0.629. The van der Waals surface area contributed by atoms with Crippen molar-refractivity contribution in [3.8, 4) is 0 Å². The zero-order valence-corrected chi connectivity index (χ0v) is 17.6. The van der Waals surface area contributed by atoms with E-state index in [1.54, 1.807) is 20.8 Å². The summed E-state index contributed by atoms with van der Waals surface area (Å²) in [6, 6.07) is 17.2. The Morgan fingerprint density at radius 2 is 1.73 bits per heavy atom. The van der Waals surface area contributed by atoms with Crippen molar-refractivity contribution >= 4 is 23.2 Å². The Hall–Kier alpha value is -3.41. The van der Waals surface area contributed by atoms with Crippen molar-refractivity contribution in [1.82, 2.24) is 5.16 Å². The maximum Gasteiger partial charge on any atom is 0.264 e. The Kier molecular flexibility index (Phi) is 5.16. The van der Waals surface area contributed by atoms with E-state index in [1.165, 1.54) is 0 Å². The molecule has 3 aromatic rings. The minimum absolute atomic E-state index is 0.0290. The van der Waals surface area contributed by atoms with E-state index in [0.29, 0.717) is 23.4 Å². The molecule has 1 aliphatic rings. The molecule has 2 aromatic carbocycles. The number of aryl methyl sites for hydroxylation is 2. The van der Waals surface area contributed by atoms with Gasteiger partial charge in [-0.3, -0.25) is 9.59 Å². The van der Waals surface area contributed by atoms with Crippen LogP contribution in [0.3, 0.4) is 0 Å². The van der Waals surface area contributed by atoms with Gasteiger partial charge in [0.15, 0.2) is 0 Å². The molecule has 2 amide bonds. The summed E-state index contributed by atoms with van der Waals surface area (Å²) in [6.45, 7) is 7.13. The molecule has 0 saturated carbocycles. The van der Waals surface area contributed by atoms with E-state index in [1.807, 2.05) is 71.3 Å². The highest BCUT2D eigenvalue weighted by molar-refractivity contribution is 6.08. The Labute approximate surface area is 176 Å². The van der Waals surface area contributed by atoms with Gasteiger partial charge < -0.3 is 14.3 Å². The molecule has 4 rings (SSSR count). The first-order valence-corrected chi connectivity index (χ1v) is 10.1. The van der Waals surface area contributed by atoms with E-state index in [0.717, 1.165) is 16.9 Å². The van der Waals surface area contributed by atoms with Crippen LogP contribution >= 0.6 is 0 Å². The second-order valence-corrected chi connectivity index (χ2v) is 7.76. The summed E-state index contributed by atoms with van der Waals surface area (Å²) in [7, 11) is 0. The standard InChI is InChI=1S/C24H25N3O3/c1-15-14-22(27(18(4)28)19-10-6-5-7-11-19)20-12-8-9-13-21(20)26(15)24(29)23-16(2)25-30-17(23)3/h5-13,15,22H,14H2,1-4H3. The normalized spacial score (nSPS) is 18.1. The molecule has 0 saturated heterocycles. The van der Waals surface area contributed by atoms with Crippen molar-refractivity contribution in [2.45, 2.75) is 46.2 Å². The third kappa shape index (κ3) is 3.28. The number of benzene rings is 2. The molecule has 2 heterocycles. The van der Waals surface area contributed by atoms with Gasteiger partial charge in [-0.25, -0.2) is 0 Å². The number of para-hydroxylation sites is 2. The predicted molar refractivity (Wildman–Crippen MR) is 116 cm³/mol. The fourth-order valence-electron chi connectivity index (χ4n) is 4.41. The first-order chi connectivity index (χ1) is 14.4. The van der Waals surface area contributed by atoms with Crippen molar-refractivity contribution in [1.29, 1.82) is 0 Å². The average molecular weight is 403 g/mol. The number of rotatable bonds is 3. The molecule has 1 aliphatic heterocycles. The van der Waals surface area contributed by atoms with Crippen molar-refractivity contribution in [2.75, 3.05) is 9.80 Å². The second-order valence-electron chi connectivity index (χ2n) is 7.76. The van der Waals surface area contributed by atoms with Crippen LogP contribution in [-0.4, -0.2) is 23.0 Å². The minimum Gasteiger partial charge on any atom is -0.361 e. The molecule has 0 spiro atoms. The van der Waals surface area contributed by atoms with Crippen LogP contribution in [0.15, 0.2) is 59.1 Å². The molecule has 0 radical (unpaired) electrons. The molecule has 2 atom stereocenters. The number of hydrogen-bond donors (Lipinski definition) is 0. The molecule has 0 bridgehead atoms. The van der Waals surface area contributed by atoms with Gasteiger partial charge in [-0.1, -0.05) is 41.6 Å². The first kappa shape index (κ1) is 19.9. The maximum absolute atomic E-state index is 13.5. The molecule has 1 aromatic heterocycles. The summed E-state index contributed by atoms with van der Waals surface area (Å²) < 4.78 is 5.23. The zero-order valence-electron chi connectivity index (χ0n) is 17.6. The summed E-state index contributed by atoms with van der Waals surface area (Å²) in [4.78, 5) is 29.8. The number of aromatic nitrogens is 1. The van der Waals surface area contributed by atoms with Gasteiger partial charge in [0.1, 0.15) is 11.3 Å². The topological polar surface area (TPSA) is 66.7 Å². The predicted octanol–water partition coefficient (Wildman–Crippen LogP) is 4.82. The van der Waals surface area contributed by atoms with Crippen molar-refractivity contribution in [3.05, 3.63) is 77.2 Å². The lowest BCUT2D eigenvalue weighted by molar-refractivity contribution is -0.117. The lowest BCUT2D eigenvalue weighted by Crippen LogP contribution is -2.47. The largest absolute Gasteiger partial charge is 0.361 e. The highest BCUT2D eigenvalue weighted by Gasteiger charge is 2.39. The highest BCUT2D eigenvalue weighted by atomic mass is 16.5. The third-order valence-electron chi connectivity index (χ3n) is 5.71. The zero-order chi connectivity index (χ0) is 21.4. The molecule has 6 nitrogen and oxygen atoms in total. The van der Waals surface area contributed by atoms with Gasteiger partial charge in [-0.2, -0.15) is 0 Å². The van der Waals surface area contributed by atoms with E-state index in [2.05, 4.69) is 5.16 Å². The maximum atomic E-state index is 13.5. The van der Waals surface area contributed by atoms with Gasteiger partial charge in [-0.05, 0) is 51.0 Å². The van der Waals surface area contributed by atoms with Gasteiger partial charge in [0.25, 0.3) is 5.91 Å². The van der Waals surface area contributed by atoms with Crippen LogP contribution in [0.2, 0.25) is 0 Å². The van der Waals surface area contributed by atoms with E-state index in [4.69, 9.17) is 4.52 Å². The third-order valence-corrected chi connectivity index (χ3v) is 5.71. The molecular weight excluding hydrogens is 378 g/mol. The Bertz CT molecular complexity index is 1070. The molecule has 6 heteroatoms. The van der Waals surface area contributed by atoms with Crippen LogP contribution in [-0.2, 0) is 4.79 Å². The van der Waals surface area contributed by atoms with Gasteiger partial charge in [0.2, 0.25) is 5.91 Å². The Morgan fingerprint density at radius 3 is 2.37 bits per heavy atom. The fourth-order valence-corrected chi connectivity index (χ4v) is 4.41. The number of amides is 2. The fraction of sp³-hybridized carbons (Fsp3) is 0.292. The number of hydrogen-bond acceptors (Lipinski definition) is 4. The molecule has 0 aliphatic carbocycles. The van der Waals surface area contributed by atoms with Crippen molar-refractivity contribution in [3.63, 3.8) is 0 Å².